The van der Waals surface area contributed by atoms with E-state index in [0.29, 0.717) is 30.8 Å². The lowest BCUT2D eigenvalue weighted by molar-refractivity contribution is 0.105. The Hall–Kier alpha value is -1.74. The van der Waals surface area contributed by atoms with E-state index in [-0.39, 0.29) is 34.6 Å². The molecule has 1 saturated heterocycles. The molecule has 0 aromatic heterocycles. The summed E-state index contributed by atoms with van der Waals surface area (Å²) in [5.41, 5.74) is 4.52. The molecule has 162 valence electrons. The zero-order valence-electron chi connectivity index (χ0n) is 16.2. The molecule has 0 unspecified atom stereocenters. The predicted molar refractivity (Wildman–Crippen MR) is 111 cm³/mol. The van der Waals surface area contributed by atoms with Crippen molar-refractivity contribution in [2.24, 2.45) is 5.73 Å². The zero-order valence-corrected chi connectivity index (χ0v) is 17.8. The average molecular weight is 457 g/mol. The van der Waals surface area contributed by atoms with E-state index < -0.39 is 32.9 Å². The van der Waals surface area contributed by atoms with E-state index in [1.54, 1.807) is 0 Å². The maximum absolute atomic E-state index is 15.0. The average Bonchev–Trinajstić information content (AvgIpc) is 2.71. The normalized spacial score (nSPS) is 25.9. The number of nitrogens with two attached hydrogens (primary N) is 1. The number of fused-ring (bicyclic) bond motifs is 3. The van der Waals surface area contributed by atoms with Crippen molar-refractivity contribution < 1.29 is 21.9 Å². The SMILES string of the molecule is NCC[C@@H]1CC[C@@]2(CS(=O)(=O)c3ccc(Cl)cc3)c3c(F)ccc(F)c3OC[C@H]2N1. The molecular weight excluding hydrogens is 434 g/mol. The van der Waals surface area contributed by atoms with Gasteiger partial charge in [0.25, 0.3) is 0 Å². The van der Waals surface area contributed by atoms with Gasteiger partial charge in [0.05, 0.1) is 16.7 Å². The lowest BCUT2D eigenvalue weighted by Crippen LogP contribution is -2.63. The number of ether oxygens (including phenoxy) is 1. The molecule has 0 amide bonds. The largest absolute Gasteiger partial charge is 0.488 e. The number of sulfone groups is 1. The minimum atomic E-state index is -3.83. The molecule has 4 rings (SSSR count). The molecule has 2 aromatic carbocycles. The highest BCUT2D eigenvalue weighted by Crippen LogP contribution is 2.48. The summed E-state index contributed by atoms with van der Waals surface area (Å²) in [5.74, 6) is -1.93. The highest BCUT2D eigenvalue weighted by atomic mass is 35.5. The first-order valence-electron chi connectivity index (χ1n) is 9.82. The van der Waals surface area contributed by atoms with Crippen LogP contribution >= 0.6 is 11.6 Å². The number of nitrogens with one attached hydrogen (secondary N) is 1. The summed E-state index contributed by atoms with van der Waals surface area (Å²) in [5, 5.41) is 3.80. The van der Waals surface area contributed by atoms with Crippen LogP contribution in [0.15, 0.2) is 41.3 Å². The molecule has 9 heteroatoms. The van der Waals surface area contributed by atoms with Gasteiger partial charge in [-0.3, -0.25) is 0 Å². The summed E-state index contributed by atoms with van der Waals surface area (Å²) in [6, 6.07) is 7.46. The first kappa shape index (κ1) is 21.5. The van der Waals surface area contributed by atoms with Crippen molar-refractivity contribution in [3.63, 3.8) is 0 Å². The van der Waals surface area contributed by atoms with Gasteiger partial charge >= 0.3 is 0 Å². The predicted octanol–water partition coefficient (Wildman–Crippen LogP) is 3.19. The fraction of sp³-hybridized carbons (Fsp3) is 0.429. The van der Waals surface area contributed by atoms with Gasteiger partial charge in [-0.2, -0.15) is 0 Å². The number of piperidine rings is 1. The fourth-order valence-electron chi connectivity index (χ4n) is 4.68. The molecule has 2 aromatic rings. The molecule has 3 N–H and O–H groups in total. The summed E-state index contributed by atoms with van der Waals surface area (Å²) >= 11 is 5.89. The molecule has 0 bridgehead atoms. The second-order valence-electron chi connectivity index (χ2n) is 7.95. The molecule has 1 fully saturated rings. The molecule has 2 aliphatic rings. The summed E-state index contributed by atoms with van der Waals surface area (Å²) < 4.78 is 61.7. The van der Waals surface area contributed by atoms with Crippen LogP contribution in [-0.4, -0.2) is 39.4 Å². The van der Waals surface area contributed by atoms with Crippen LogP contribution in [0.1, 0.15) is 24.8 Å². The first-order valence-corrected chi connectivity index (χ1v) is 11.9. The Kier molecular flexibility index (Phi) is 5.78. The standard InChI is InChI=1S/C21H23ClF2N2O3S/c22-13-1-3-15(4-2-13)30(27,28)12-21-9-7-14(8-10-25)26-18(21)11-29-20-17(24)6-5-16(23)19(20)21/h1-6,14,18,26H,7-12,25H2/t14-,18+,21-/m0/s1. The van der Waals surface area contributed by atoms with E-state index >= 15 is 4.39 Å². The lowest BCUT2D eigenvalue weighted by atomic mass is 9.67. The zero-order chi connectivity index (χ0) is 21.5. The Morgan fingerprint density at radius 3 is 2.57 bits per heavy atom. The van der Waals surface area contributed by atoms with E-state index in [1.165, 1.54) is 24.3 Å². The van der Waals surface area contributed by atoms with Crippen molar-refractivity contribution in [3.8, 4) is 5.75 Å². The molecular formula is C21H23ClF2N2O3S. The van der Waals surface area contributed by atoms with Crippen molar-refractivity contribution in [1.29, 1.82) is 0 Å². The van der Waals surface area contributed by atoms with Gasteiger partial charge < -0.3 is 15.8 Å². The van der Waals surface area contributed by atoms with Crippen LogP contribution < -0.4 is 15.8 Å². The third-order valence-corrected chi connectivity index (χ3v) is 8.27. The van der Waals surface area contributed by atoms with Crippen molar-refractivity contribution in [2.75, 3.05) is 18.9 Å². The Labute approximate surface area is 179 Å². The van der Waals surface area contributed by atoms with Gasteiger partial charge in [0.1, 0.15) is 12.4 Å². The van der Waals surface area contributed by atoms with Crippen molar-refractivity contribution in [2.45, 2.75) is 41.7 Å². The number of benzene rings is 2. The lowest BCUT2D eigenvalue weighted by Gasteiger charge is -2.50. The van der Waals surface area contributed by atoms with Crippen LogP contribution in [-0.2, 0) is 15.3 Å². The van der Waals surface area contributed by atoms with Crippen LogP contribution in [0.4, 0.5) is 8.78 Å². The van der Waals surface area contributed by atoms with Crippen molar-refractivity contribution in [1.82, 2.24) is 5.32 Å². The van der Waals surface area contributed by atoms with Gasteiger partial charge in [-0.05, 0) is 62.2 Å². The van der Waals surface area contributed by atoms with Gasteiger partial charge in [0, 0.05) is 22.0 Å². The Morgan fingerprint density at radius 1 is 1.17 bits per heavy atom. The number of hydrogen-bond donors (Lipinski definition) is 2. The van der Waals surface area contributed by atoms with Crippen LogP contribution in [0.25, 0.3) is 0 Å². The van der Waals surface area contributed by atoms with Gasteiger partial charge in [-0.25, -0.2) is 17.2 Å². The molecule has 3 atom stereocenters. The van der Waals surface area contributed by atoms with Crippen LogP contribution in [0.3, 0.4) is 0 Å². The smallest absolute Gasteiger partial charge is 0.179 e. The van der Waals surface area contributed by atoms with Crippen LogP contribution in [0, 0.1) is 11.6 Å². The summed E-state index contributed by atoms with van der Waals surface area (Å²) in [7, 11) is -3.83. The van der Waals surface area contributed by atoms with E-state index in [2.05, 4.69) is 5.32 Å². The van der Waals surface area contributed by atoms with Crippen LogP contribution in [0.5, 0.6) is 5.75 Å². The van der Waals surface area contributed by atoms with Gasteiger partial charge in [0.15, 0.2) is 21.4 Å². The Morgan fingerprint density at radius 2 is 1.87 bits per heavy atom. The van der Waals surface area contributed by atoms with Gasteiger partial charge in [0.2, 0.25) is 0 Å². The summed E-state index contributed by atoms with van der Waals surface area (Å²) in [4.78, 5) is 0.0916. The van der Waals surface area contributed by atoms with E-state index in [4.69, 9.17) is 22.1 Å². The summed E-state index contributed by atoms with van der Waals surface area (Å²) in [6.07, 6.45) is 1.67. The Balaban J connectivity index is 1.82. The second-order valence-corrected chi connectivity index (χ2v) is 10.4. The van der Waals surface area contributed by atoms with Gasteiger partial charge in [-0.15, -0.1) is 0 Å². The van der Waals surface area contributed by atoms with Crippen LogP contribution in [0.2, 0.25) is 5.02 Å². The number of halogens is 3. The van der Waals surface area contributed by atoms with E-state index in [0.717, 1.165) is 12.1 Å². The Bertz CT molecular complexity index is 1050. The molecule has 0 radical (unpaired) electrons. The third-order valence-electron chi connectivity index (χ3n) is 6.13. The maximum Gasteiger partial charge on any atom is 0.179 e. The molecule has 5 nitrogen and oxygen atoms in total. The molecule has 30 heavy (non-hydrogen) atoms. The second kappa shape index (κ2) is 8.07. The highest BCUT2D eigenvalue weighted by molar-refractivity contribution is 7.91. The highest BCUT2D eigenvalue weighted by Gasteiger charge is 2.53. The number of hydrogen-bond acceptors (Lipinski definition) is 5. The molecule has 0 saturated carbocycles. The fourth-order valence-corrected chi connectivity index (χ4v) is 6.69. The maximum atomic E-state index is 15.0. The topological polar surface area (TPSA) is 81.4 Å². The third kappa shape index (κ3) is 3.70. The summed E-state index contributed by atoms with van der Waals surface area (Å²) in [6.45, 7) is 0.519. The first-order chi connectivity index (χ1) is 14.3. The minimum absolute atomic E-state index is 0.00464. The molecule has 0 aliphatic carbocycles. The molecule has 2 aliphatic heterocycles. The molecule has 2 heterocycles. The number of rotatable bonds is 5. The molecule has 0 spiro atoms. The monoisotopic (exact) mass is 456 g/mol. The van der Waals surface area contributed by atoms with E-state index in [9.17, 15) is 12.8 Å². The van der Waals surface area contributed by atoms with Crippen molar-refractivity contribution in [3.05, 3.63) is 58.6 Å². The van der Waals surface area contributed by atoms with E-state index in [1.807, 2.05) is 0 Å². The van der Waals surface area contributed by atoms with Crippen molar-refractivity contribution >= 4 is 21.4 Å². The minimum Gasteiger partial charge on any atom is -0.488 e. The van der Waals surface area contributed by atoms with Gasteiger partial charge in [-0.1, -0.05) is 11.6 Å². The quantitative estimate of drug-likeness (QED) is 0.722.